The minimum Gasteiger partial charge on any atom is -0.332 e. The average Bonchev–Trinajstić information content (AvgIpc) is 2.28. The van der Waals surface area contributed by atoms with E-state index in [2.05, 4.69) is 20.9 Å². The summed E-state index contributed by atoms with van der Waals surface area (Å²) < 4.78 is 24.6. The largest absolute Gasteiger partial charge is 0.332 e. The lowest BCUT2D eigenvalue weighted by Crippen LogP contribution is -2.36. The van der Waals surface area contributed by atoms with Crippen molar-refractivity contribution < 1.29 is 13.6 Å². The summed E-state index contributed by atoms with van der Waals surface area (Å²) >= 11 is 3.14. The van der Waals surface area contributed by atoms with Gasteiger partial charge in [0.25, 0.3) is 12.3 Å². The molecule has 0 aliphatic carbocycles. The summed E-state index contributed by atoms with van der Waals surface area (Å²) in [7, 11) is 0. The van der Waals surface area contributed by atoms with Crippen molar-refractivity contribution in [2.75, 3.05) is 18.4 Å². The normalized spacial score (nSPS) is 10.6. The highest BCUT2D eigenvalue weighted by atomic mass is 79.9. The maximum Gasteiger partial charge on any atom is 0.255 e. The second kappa shape index (κ2) is 6.64. The SMILES string of the molecule is Cc1ccc(C(=O)N(CCBr)CC(F)F)cn1. The maximum absolute atomic E-state index is 12.3. The van der Waals surface area contributed by atoms with E-state index in [-0.39, 0.29) is 6.54 Å². The number of hydrogen-bond donors (Lipinski definition) is 0. The van der Waals surface area contributed by atoms with E-state index < -0.39 is 18.9 Å². The fourth-order valence-electron chi connectivity index (χ4n) is 1.32. The van der Waals surface area contributed by atoms with Crippen LogP contribution in [0.25, 0.3) is 0 Å². The fraction of sp³-hybridized carbons (Fsp3) is 0.455. The van der Waals surface area contributed by atoms with Gasteiger partial charge in [-0.2, -0.15) is 0 Å². The summed E-state index contributed by atoms with van der Waals surface area (Å²) in [5.74, 6) is -0.419. The molecule has 0 aliphatic heterocycles. The summed E-state index contributed by atoms with van der Waals surface area (Å²) in [6.07, 6.45) is -1.12. The van der Waals surface area contributed by atoms with E-state index in [0.29, 0.717) is 10.9 Å². The number of pyridine rings is 1. The first-order valence-electron chi connectivity index (χ1n) is 5.10. The number of nitrogens with zero attached hydrogens (tertiary/aromatic N) is 2. The molecule has 0 fully saturated rings. The van der Waals surface area contributed by atoms with Crippen molar-refractivity contribution in [3.8, 4) is 0 Å². The molecule has 0 unspecified atom stereocenters. The van der Waals surface area contributed by atoms with E-state index in [1.807, 2.05) is 0 Å². The Labute approximate surface area is 107 Å². The lowest BCUT2D eigenvalue weighted by molar-refractivity contribution is 0.0572. The highest BCUT2D eigenvalue weighted by Crippen LogP contribution is 2.08. The van der Waals surface area contributed by atoms with Gasteiger partial charge in [-0.05, 0) is 19.1 Å². The molecule has 1 rings (SSSR count). The van der Waals surface area contributed by atoms with Crippen molar-refractivity contribution in [1.82, 2.24) is 9.88 Å². The zero-order valence-electron chi connectivity index (χ0n) is 9.37. The van der Waals surface area contributed by atoms with Gasteiger partial charge in [-0.25, -0.2) is 8.78 Å². The van der Waals surface area contributed by atoms with Crippen molar-refractivity contribution in [3.63, 3.8) is 0 Å². The minimum atomic E-state index is -2.53. The van der Waals surface area contributed by atoms with E-state index in [1.165, 1.54) is 6.20 Å². The number of aryl methyl sites for hydroxylation is 1. The van der Waals surface area contributed by atoms with E-state index >= 15 is 0 Å². The predicted octanol–water partition coefficient (Wildman–Crippen LogP) is 2.49. The Morgan fingerprint density at radius 3 is 2.71 bits per heavy atom. The van der Waals surface area contributed by atoms with Crippen LogP contribution in [0.4, 0.5) is 8.78 Å². The number of alkyl halides is 3. The van der Waals surface area contributed by atoms with Crippen molar-refractivity contribution >= 4 is 21.8 Å². The van der Waals surface area contributed by atoms with E-state index in [9.17, 15) is 13.6 Å². The van der Waals surface area contributed by atoms with Crippen LogP contribution in [0, 0.1) is 6.92 Å². The standard InChI is InChI=1S/C11H13BrF2N2O/c1-8-2-3-9(6-15-8)11(17)16(5-4-12)7-10(13)14/h2-3,6,10H,4-5,7H2,1H3. The van der Waals surface area contributed by atoms with Gasteiger partial charge in [-0.1, -0.05) is 15.9 Å². The van der Waals surface area contributed by atoms with Crippen molar-refractivity contribution in [1.29, 1.82) is 0 Å². The van der Waals surface area contributed by atoms with Gasteiger partial charge in [-0.15, -0.1) is 0 Å². The number of halogens is 3. The Morgan fingerprint density at radius 2 is 2.24 bits per heavy atom. The predicted molar refractivity (Wildman–Crippen MR) is 64.7 cm³/mol. The molecule has 17 heavy (non-hydrogen) atoms. The Kier molecular flexibility index (Phi) is 5.47. The second-order valence-electron chi connectivity index (χ2n) is 3.52. The van der Waals surface area contributed by atoms with Crippen LogP contribution in [-0.4, -0.2) is 40.6 Å². The van der Waals surface area contributed by atoms with Crippen molar-refractivity contribution in [2.24, 2.45) is 0 Å². The van der Waals surface area contributed by atoms with Gasteiger partial charge in [-0.3, -0.25) is 9.78 Å². The highest BCUT2D eigenvalue weighted by Gasteiger charge is 2.19. The molecular weight excluding hydrogens is 294 g/mol. The van der Waals surface area contributed by atoms with Gasteiger partial charge in [0, 0.05) is 23.8 Å². The third-order valence-corrected chi connectivity index (χ3v) is 2.51. The maximum atomic E-state index is 12.3. The van der Waals surface area contributed by atoms with Crippen LogP contribution in [0.2, 0.25) is 0 Å². The molecular formula is C11H13BrF2N2O. The first kappa shape index (κ1) is 14.0. The van der Waals surface area contributed by atoms with Crippen LogP contribution in [0.5, 0.6) is 0 Å². The van der Waals surface area contributed by atoms with Gasteiger partial charge in [0.05, 0.1) is 12.1 Å². The number of carbonyl (C=O) groups excluding carboxylic acids is 1. The van der Waals surface area contributed by atoms with E-state index in [0.717, 1.165) is 10.6 Å². The fourth-order valence-corrected chi connectivity index (χ4v) is 1.75. The molecule has 3 nitrogen and oxygen atoms in total. The summed E-state index contributed by atoms with van der Waals surface area (Å²) in [6.45, 7) is 1.49. The van der Waals surface area contributed by atoms with Crippen LogP contribution in [0.3, 0.4) is 0 Å². The highest BCUT2D eigenvalue weighted by molar-refractivity contribution is 9.09. The Balaban J connectivity index is 2.79. The third kappa shape index (κ3) is 4.38. The molecule has 0 N–H and O–H groups in total. The lowest BCUT2D eigenvalue weighted by Gasteiger charge is -2.21. The van der Waals surface area contributed by atoms with Crippen molar-refractivity contribution in [2.45, 2.75) is 13.3 Å². The number of aromatic nitrogens is 1. The van der Waals surface area contributed by atoms with E-state index in [4.69, 9.17) is 0 Å². The molecule has 94 valence electrons. The van der Waals surface area contributed by atoms with Gasteiger partial charge in [0.2, 0.25) is 0 Å². The Hall–Kier alpha value is -1.04. The molecule has 0 aliphatic rings. The Bertz CT molecular complexity index is 370. The summed E-state index contributed by atoms with van der Waals surface area (Å²) in [5, 5.41) is 0.463. The van der Waals surface area contributed by atoms with Crippen LogP contribution < -0.4 is 0 Å². The Morgan fingerprint density at radius 1 is 1.53 bits per heavy atom. The van der Waals surface area contributed by atoms with Crippen LogP contribution in [0.15, 0.2) is 18.3 Å². The average molecular weight is 307 g/mol. The summed E-state index contributed by atoms with van der Waals surface area (Å²) in [4.78, 5) is 17.0. The molecule has 0 aromatic carbocycles. The number of rotatable bonds is 5. The molecule has 1 aromatic heterocycles. The zero-order valence-corrected chi connectivity index (χ0v) is 11.0. The third-order valence-electron chi connectivity index (χ3n) is 2.16. The quantitative estimate of drug-likeness (QED) is 0.783. The molecule has 0 saturated heterocycles. The molecule has 0 spiro atoms. The van der Waals surface area contributed by atoms with Crippen LogP contribution >= 0.6 is 15.9 Å². The molecule has 0 radical (unpaired) electrons. The number of amides is 1. The van der Waals surface area contributed by atoms with E-state index in [1.54, 1.807) is 19.1 Å². The lowest BCUT2D eigenvalue weighted by atomic mass is 10.2. The zero-order chi connectivity index (χ0) is 12.8. The molecule has 1 aromatic rings. The molecule has 1 heterocycles. The minimum absolute atomic E-state index is 0.247. The van der Waals surface area contributed by atoms with Gasteiger partial charge in [0.15, 0.2) is 0 Å². The second-order valence-corrected chi connectivity index (χ2v) is 4.31. The van der Waals surface area contributed by atoms with Crippen molar-refractivity contribution in [3.05, 3.63) is 29.6 Å². The molecule has 6 heteroatoms. The number of hydrogen-bond acceptors (Lipinski definition) is 2. The topological polar surface area (TPSA) is 33.2 Å². The van der Waals surface area contributed by atoms with Crippen LogP contribution in [0.1, 0.15) is 16.1 Å². The van der Waals surface area contributed by atoms with Gasteiger partial charge < -0.3 is 4.90 Å². The first-order chi connectivity index (χ1) is 8.04. The smallest absolute Gasteiger partial charge is 0.255 e. The van der Waals surface area contributed by atoms with Crippen LogP contribution in [-0.2, 0) is 0 Å². The first-order valence-corrected chi connectivity index (χ1v) is 6.22. The monoisotopic (exact) mass is 306 g/mol. The molecule has 0 atom stereocenters. The summed E-state index contributed by atoms with van der Waals surface area (Å²) in [5.41, 5.74) is 1.11. The summed E-state index contributed by atoms with van der Waals surface area (Å²) in [6, 6.07) is 3.28. The molecule has 0 bridgehead atoms. The van der Waals surface area contributed by atoms with Gasteiger partial charge in [0.1, 0.15) is 0 Å². The molecule has 1 amide bonds. The number of carbonyl (C=O) groups is 1. The molecule has 0 saturated carbocycles. The van der Waals surface area contributed by atoms with Gasteiger partial charge >= 0.3 is 0 Å².